The minimum Gasteiger partial charge on any atom is -0.348 e. The molecule has 130 valence electrons. The number of fused-ring (bicyclic) bond motifs is 1. The Labute approximate surface area is 147 Å². The summed E-state index contributed by atoms with van der Waals surface area (Å²) in [5.74, 6) is -0.0910. The number of aromatic amines is 1. The first kappa shape index (κ1) is 15.8. The summed E-state index contributed by atoms with van der Waals surface area (Å²) in [7, 11) is 0. The van der Waals surface area contributed by atoms with Crippen molar-refractivity contribution in [1.82, 2.24) is 25.3 Å². The smallest absolute Gasteiger partial charge is 0.264 e. The van der Waals surface area contributed by atoms with Gasteiger partial charge in [0.15, 0.2) is 5.82 Å². The summed E-state index contributed by atoms with van der Waals surface area (Å²) in [6.07, 6.45) is 1.43. The van der Waals surface area contributed by atoms with Crippen molar-refractivity contribution >= 4 is 17.5 Å². The molecular formula is C17H14N6O3. The second-order valence-corrected chi connectivity index (χ2v) is 5.80. The largest absolute Gasteiger partial charge is 0.348 e. The number of nitrogens with one attached hydrogen (secondary N) is 3. The average Bonchev–Trinajstić information content (AvgIpc) is 3.20. The van der Waals surface area contributed by atoms with Gasteiger partial charge in [-0.25, -0.2) is 9.78 Å². The molecule has 4 rings (SSSR count). The van der Waals surface area contributed by atoms with E-state index in [0.717, 1.165) is 5.56 Å². The number of amides is 2. The number of hydrogen-bond donors (Lipinski definition) is 3. The minimum absolute atomic E-state index is 0.149. The molecule has 1 aliphatic heterocycles. The van der Waals surface area contributed by atoms with Crippen LogP contribution in [0, 0.1) is 6.92 Å². The van der Waals surface area contributed by atoms with Crippen LogP contribution in [0.3, 0.4) is 0 Å². The standard InChI is InChI=1S/C17H14N6O3/c1-9-11(8-19-23(9)14-5-6-15(24)22-21-14)17(26)20-13-4-2-3-10-12(13)7-18-16(10)25/h2-6,8H,7H2,1H3,(H,18,25)(H,20,26)(H,22,24). The van der Waals surface area contributed by atoms with E-state index >= 15 is 0 Å². The second-order valence-electron chi connectivity index (χ2n) is 5.80. The number of carbonyl (C=O) groups is 2. The number of H-pyrrole nitrogens is 1. The SMILES string of the molecule is Cc1c(C(=O)Nc2cccc3c2CNC3=O)cnn1-c1ccc(=O)[nH]n1. The zero-order chi connectivity index (χ0) is 18.3. The van der Waals surface area contributed by atoms with Crippen LogP contribution in [-0.4, -0.2) is 31.8 Å². The molecule has 0 fully saturated rings. The van der Waals surface area contributed by atoms with E-state index in [-0.39, 0.29) is 17.4 Å². The van der Waals surface area contributed by atoms with Gasteiger partial charge in [-0.1, -0.05) is 6.07 Å². The summed E-state index contributed by atoms with van der Waals surface area (Å²) in [5.41, 5.74) is 2.53. The van der Waals surface area contributed by atoms with Gasteiger partial charge in [0, 0.05) is 29.4 Å². The van der Waals surface area contributed by atoms with Gasteiger partial charge < -0.3 is 10.6 Å². The van der Waals surface area contributed by atoms with E-state index in [2.05, 4.69) is 25.9 Å². The zero-order valence-electron chi connectivity index (χ0n) is 13.7. The van der Waals surface area contributed by atoms with E-state index in [1.807, 2.05) is 0 Å². The molecule has 0 spiro atoms. The van der Waals surface area contributed by atoms with Crippen molar-refractivity contribution < 1.29 is 9.59 Å². The highest BCUT2D eigenvalue weighted by molar-refractivity contribution is 6.07. The van der Waals surface area contributed by atoms with Gasteiger partial charge in [0.05, 0.1) is 17.5 Å². The molecular weight excluding hydrogens is 336 g/mol. The summed E-state index contributed by atoms with van der Waals surface area (Å²) in [5, 5.41) is 16.0. The van der Waals surface area contributed by atoms with Crippen molar-refractivity contribution in [3.8, 4) is 5.82 Å². The van der Waals surface area contributed by atoms with Crippen LogP contribution in [0.4, 0.5) is 5.69 Å². The number of benzene rings is 1. The quantitative estimate of drug-likeness (QED) is 0.644. The molecule has 0 saturated heterocycles. The molecule has 0 aliphatic carbocycles. The van der Waals surface area contributed by atoms with Crippen molar-refractivity contribution in [3.63, 3.8) is 0 Å². The van der Waals surface area contributed by atoms with E-state index in [4.69, 9.17) is 0 Å². The molecule has 9 nitrogen and oxygen atoms in total. The lowest BCUT2D eigenvalue weighted by Gasteiger charge is -2.09. The van der Waals surface area contributed by atoms with Gasteiger partial charge in [0.25, 0.3) is 17.4 Å². The Kier molecular flexibility index (Phi) is 3.61. The van der Waals surface area contributed by atoms with E-state index in [9.17, 15) is 14.4 Å². The third-order valence-electron chi connectivity index (χ3n) is 4.23. The highest BCUT2D eigenvalue weighted by Crippen LogP contribution is 2.25. The lowest BCUT2D eigenvalue weighted by Crippen LogP contribution is -2.15. The number of hydrogen-bond acceptors (Lipinski definition) is 5. The highest BCUT2D eigenvalue weighted by Gasteiger charge is 2.23. The zero-order valence-corrected chi connectivity index (χ0v) is 13.7. The molecule has 0 bridgehead atoms. The van der Waals surface area contributed by atoms with Gasteiger partial charge in [-0.15, -0.1) is 0 Å². The summed E-state index contributed by atoms with van der Waals surface area (Å²) in [4.78, 5) is 35.5. The first-order valence-corrected chi connectivity index (χ1v) is 7.87. The molecule has 3 N–H and O–H groups in total. The monoisotopic (exact) mass is 350 g/mol. The van der Waals surface area contributed by atoms with Crippen LogP contribution in [0.1, 0.15) is 32.0 Å². The minimum atomic E-state index is -0.342. The molecule has 0 radical (unpaired) electrons. The van der Waals surface area contributed by atoms with Crippen molar-refractivity contribution in [1.29, 1.82) is 0 Å². The molecule has 3 aromatic rings. The maximum absolute atomic E-state index is 12.7. The maximum atomic E-state index is 12.7. The van der Waals surface area contributed by atoms with Crippen LogP contribution in [0.15, 0.2) is 41.3 Å². The predicted octanol–water partition coefficient (Wildman–Crippen LogP) is 0.760. The van der Waals surface area contributed by atoms with Crippen molar-refractivity contribution in [3.05, 3.63) is 69.3 Å². The summed E-state index contributed by atoms with van der Waals surface area (Å²) < 4.78 is 1.46. The van der Waals surface area contributed by atoms with Gasteiger partial charge in [0.1, 0.15) is 0 Å². The van der Waals surface area contributed by atoms with Crippen molar-refractivity contribution in [2.24, 2.45) is 0 Å². The van der Waals surface area contributed by atoms with E-state index in [0.29, 0.717) is 34.9 Å². The van der Waals surface area contributed by atoms with E-state index < -0.39 is 0 Å². The number of carbonyl (C=O) groups excluding carboxylic acids is 2. The van der Waals surface area contributed by atoms with Crippen LogP contribution in [0.5, 0.6) is 0 Å². The molecule has 26 heavy (non-hydrogen) atoms. The van der Waals surface area contributed by atoms with Crippen LogP contribution in [0.25, 0.3) is 5.82 Å². The molecule has 9 heteroatoms. The maximum Gasteiger partial charge on any atom is 0.264 e. The molecule has 3 heterocycles. The van der Waals surface area contributed by atoms with Crippen molar-refractivity contribution in [2.75, 3.05) is 5.32 Å². The summed E-state index contributed by atoms with van der Waals surface area (Å²) >= 11 is 0. The molecule has 1 aliphatic rings. The molecule has 1 aromatic carbocycles. The number of rotatable bonds is 3. The predicted molar refractivity (Wildman–Crippen MR) is 92.3 cm³/mol. The normalized spacial score (nSPS) is 12.6. The Morgan fingerprint density at radius 3 is 2.85 bits per heavy atom. The number of anilines is 1. The third-order valence-corrected chi connectivity index (χ3v) is 4.23. The summed E-state index contributed by atoms with van der Waals surface area (Å²) in [6, 6.07) is 8.04. The van der Waals surface area contributed by atoms with Gasteiger partial charge in [0.2, 0.25) is 0 Å². The molecule has 2 amide bonds. The van der Waals surface area contributed by atoms with Gasteiger partial charge in [-0.05, 0) is 25.1 Å². The van der Waals surface area contributed by atoms with Crippen molar-refractivity contribution in [2.45, 2.75) is 13.5 Å². The Hall–Kier alpha value is -3.75. The lowest BCUT2D eigenvalue weighted by atomic mass is 10.1. The Balaban J connectivity index is 1.63. The third kappa shape index (κ3) is 2.55. The van der Waals surface area contributed by atoms with Gasteiger partial charge >= 0.3 is 0 Å². The van der Waals surface area contributed by atoms with Crippen LogP contribution >= 0.6 is 0 Å². The van der Waals surface area contributed by atoms with Gasteiger partial charge in [-0.3, -0.25) is 14.4 Å². The van der Waals surface area contributed by atoms with Crippen LogP contribution in [0.2, 0.25) is 0 Å². The Morgan fingerprint density at radius 1 is 1.23 bits per heavy atom. The Morgan fingerprint density at radius 2 is 2.08 bits per heavy atom. The fourth-order valence-electron chi connectivity index (χ4n) is 2.88. The first-order valence-electron chi connectivity index (χ1n) is 7.87. The highest BCUT2D eigenvalue weighted by atomic mass is 16.2. The molecule has 2 aromatic heterocycles. The number of nitrogens with zero attached hydrogens (tertiary/aromatic N) is 3. The van der Waals surface area contributed by atoms with E-state index in [1.54, 1.807) is 25.1 Å². The van der Waals surface area contributed by atoms with Gasteiger partial charge in [-0.2, -0.15) is 10.2 Å². The lowest BCUT2D eigenvalue weighted by molar-refractivity contribution is 0.0964. The average molecular weight is 350 g/mol. The second kappa shape index (κ2) is 5.96. The Bertz CT molecular complexity index is 1080. The van der Waals surface area contributed by atoms with E-state index in [1.165, 1.54) is 23.0 Å². The molecule has 0 unspecified atom stereocenters. The number of aromatic nitrogens is 4. The topological polar surface area (TPSA) is 122 Å². The fourth-order valence-corrected chi connectivity index (χ4v) is 2.88. The summed E-state index contributed by atoms with van der Waals surface area (Å²) in [6.45, 7) is 2.11. The molecule has 0 atom stereocenters. The van der Waals surface area contributed by atoms with Crippen LogP contribution in [-0.2, 0) is 6.54 Å². The molecule has 0 saturated carbocycles. The fraction of sp³-hybridized carbons (Fsp3) is 0.118. The first-order chi connectivity index (χ1) is 12.5. The van der Waals surface area contributed by atoms with Crippen LogP contribution < -0.4 is 16.2 Å².